The number of cyclic esters (lactones) is 1. The molecule has 1 N–H and O–H groups in total. The van der Waals surface area contributed by atoms with Crippen LogP contribution in [0.1, 0.15) is 74.1 Å². The molecule has 1 saturated heterocycles. The molecule has 4 unspecified atom stereocenters. The SMILES string of the molecule is CC(C)(C)[Si](C)(C)OC(CCC(C(=O)N1C(=O)OCC1c1ccccc1)C(Nc1ccc(F)cc1)c1ccc(OCc2ccccc2)cc1F)c1ccc(F)cc1. The Balaban J connectivity index is 1.43. The van der Waals surface area contributed by atoms with E-state index < -0.39 is 61.9 Å². The van der Waals surface area contributed by atoms with Crippen molar-refractivity contribution >= 4 is 26.0 Å². The molecule has 57 heavy (non-hydrogen) atoms. The summed E-state index contributed by atoms with van der Waals surface area (Å²) in [6, 6.07) is 33.0. The van der Waals surface area contributed by atoms with E-state index in [1.807, 2.05) is 60.7 Å². The smallest absolute Gasteiger partial charge is 0.417 e. The lowest BCUT2D eigenvalue weighted by molar-refractivity contribution is -0.134. The molecule has 0 aromatic heterocycles. The Morgan fingerprint density at radius 3 is 2.07 bits per heavy atom. The quantitative estimate of drug-likeness (QED) is 0.106. The van der Waals surface area contributed by atoms with Crippen LogP contribution in [0.5, 0.6) is 5.75 Å². The number of nitrogens with zero attached hydrogens (tertiary/aromatic N) is 1. The van der Waals surface area contributed by atoms with E-state index in [0.717, 1.165) is 16.0 Å². The number of anilines is 1. The molecule has 5 aromatic carbocycles. The second-order valence-corrected chi connectivity index (χ2v) is 20.7. The number of nitrogens with one attached hydrogen (secondary N) is 1. The number of halogens is 3. The van der Waals surface area contributed by atoms with Crippen LogP contribution in [-0.2, 0) is 20.6 Å². The van der Waals surface area contributed by atoms with Crippen molar-refractivity contribution in [3.8, 4) is 5.75 Å². The van der Waals surface area contributed by atoms with Gasteiger partial charge in [0.1, 0.15) is 42.5 Å². The lowest BCUT2D eigenvalue weighted by Crippen LogP contribution is -2.43. The van der Waals surface area contributed by atoms with E-state index in [4.69, 9.17) is 13.9 Å². The zero-order valence-electron chi connectivity index (χ0n) is 32.9. The highest BCUT2D eigenvalue weighted by Gasteiger charge is 2.45. The molecule has 0 saturated carbocycles. The van der Waals surface area contributed by atoms with E-state index in [9.17, 15) is 13.6 Å². The molecular formula is C46H49F3N2O5Si. The number of ether oxygens (including phenoxy) is 2. The van der Waals surface area contributed by atoms with Gasteiger partial charge >= 0.3 is 6.09 Å². The molecule has 7 nitrogen and oxygen atoms in total. The molecule has 6 rings (SSSR count). The fraction of sp³-hybridized carbons (Fsp3) is 0.304. The summed E-state index contributed by atoms with van der Waals surface area (Å²) in [7, 11) is -2.45. The van der Waals surface area contributed by atoms with Gasteiger partial charge in [-0.15, -0.1) is 0 Å². The van der Waals surface area contributed by atoms with Crippen molar-refractivity contribution in [2.45, 2.75) is 76.5 Å². The highest BCUT2D eigenvalue weighted by molar-refractivity contribution is 6.74. The van der Waals surface area contributed by atoms with E-state index in [0.29, 0.717) is 11.3 Å². The summed E-state index contributed by atoms with van der Waals surface area (Å²) in [5.41, 5.74) is 2.90. The van der Waals surface area contributed by atoms with Gasteiger partial charge in [0.25, 0.3) is 0 Å². The number of carbonyl (C=O) groups excluding carboxylic acids is 2. The van der Waals surface area contributed by atoms with Gasteiger partial charge in [0.2, 0.25) is 5.91 Å². The first-order valence-electron chi connectivity index (χ1n) is 19.2. The number of carbonyl (C=O) groups is 2. The largest absolute Gasteiger partial charge is 0.489 e. The first kappa shape index (κ1) is 41.2. The fourth-order valence-corrected chi connectivity index (χ4v) is 8.06. The number of rotatable bonds is 15. The molecule has 0 radical (unpaired) electrons. The molecule has 1 fully saturated rings. The van der Waals surface area contributed by atoms with Crippen LogP contribution >= 0.6 is 0 Å². The zero-order chi connectivity index (χ0) is 40.7. The Bertz CT molecular complexity index is 2110. The number of benzene rings is 5. The summed E-state index contributed by atoms with van der Waals surface area (Å²) < 4.78 is 63.4. The Morgan fingerprint density at radius 2 is 1.46 bits per heavy atom. The molecule has 11 heteroatoms. The van der Waals surface area contributed by atoms with E-state index in [1.54, 1.807) is 24.3 Å². The average Bonchev–Trinajstić information content (AvgIpc) is 3.58. The van der Waals surface area contributed by atoms with Gasteiger partial charge in [0, 0.05) is 17.3 Å². The van der Waals surface area contributed by atoms with Crippen LogP contribution in [-0.4, -0.2) is 31.8 Å². The number of hydrogen-bond acceptors (Lipinski definition) is 6. The van der Waals surface area contributed by atoms with Crippen LogP contribution in [0.3, 0.4) is 0 Å². The monoisotopic (exact) mass is 794 g/mol. The predicted octanol–water partition coefficient (Wildman–Crippen LogP) is 11.7. The molecule has 0 bridgehead atoms. The maximum absolute atomic E-state index is 16.6. The molecule has 298 valence electrons. The molecule has 2 amide bonds. The minimum atomic E-state index is -2.45. The number of imide groups is 1. The minimum Gasteiger partial charge on any atom is -0.489 e. The van der Waals surface area contributed by atoms with Gasteiger partial charge in [0.05, 0.1) is 18.1 Å². The summed E-state index contributed by atoms with van der Waals surface area (Å²) in [4.78, 5) is 29.8. The summed E-state index contributed by atoms with van der Waals surface area (Å²) in [5, 5.41) is 3.15. The van der Waals surface area contributed by atoms with Crippen LogP contribution in [0.2, 0.25) is 18.1 Å². The molecular weight excluding hydrogens is 746 g/mol. The van der Waals surface area contributed by atoms with Crippen LogP contribution in [0, 0.1) is 23.4 Å². The summed E-state index contributed by atoms with van der Waals surface area (Å²) in [5.74, 6) is -2.90. The summed E-state index contributed by atoms with van der Waals surface area (Å²) >= 11 is 0. The average molecular weight is 795 g/mol. The molecule has 4 atom stereocenters. The molecule has 0 aliphatic carbocycles. The number of amides is 2. The fourth-order valence-electron chi connectivity index (χ4n) is 6.74. The van der Waals surface area contributed by atoms with Gasteiger partial charge in [-0.2, -0.15) is 0 Å². The second-order valence-electron chi connectivity index (χ2n) is 15.9. The standard InChI is InChI=1S/C46H49F3N2O5Si/c1-46(2,3)57(4,5)56-42(33-16-18-34(47)19-17-33)27-26-39(44(52)51-41(30-55-45(51)53)32-14-10-7-11-15-32)43(50-36-22-20-35(48)21-23-36)38-25-24-37(28-40(38)49)54-29-31-12-8-6-9-13-31/h6-25,28,39,41-43,50H,26-27,29-30H2,1-5H3. The van der Waals surface area contributed by atoms with Crippen molar-refractivity contribution in [2.75, 3.05) is 11.9 Å². The van der Waals surface area contributed by atoms with Crippen LogP contribution in [0.25, 0.3) is 0 Å². The van der Waals surface area contributed by atoms with E-state index >= 15 is 9.18 Å². The van der Waals surface area contributed by atoms with Gasteiger partial charge in [-0.05, 0) is 90.1 Å². The van der Waals surface area contributed by atoms with Crippen LogP contribution in [0.15, 0.2) is 127 Å². The van der Waals surface area contributed by atoms with Crippen LogP contribution in [0.4, 0.5) is 23.7 Å². The Labute approximate surface area is 333 Å². The Morgan fingerprint density at radius 1 is 0.842 bits per heavy atom. The highest BCUT2D eigenvalue weighted by Crippen LogP contribution is 2.43. The van der Waals surface area contributed by atoms with Crippen molar-refractivity contribution < 1.29 is 36.7 Å². The Kier molecular flexibility index (Phi) is 12.9. The van der Waals surface area contributed by atoms with Crippen LogP contribution < -0.4 is 10.1 Å². The zero-order valence-corrected chi connectivity index (χ0v) is 33.9. The van der Waals surface area contributed by atoms with Crippen molar-refractivity contribution in [1.29, 1.82) is 0 Å². The maximum Gasteiger partial charge on any atom is 0.417 e. The van der Waals surface area contributed by atoms with Gasteiger partial charge in [0.15, 0.2) is 8.32 Å². The van der Waals surface area contributed by atoms with Crippen molar-refractivity contribution in [2.24, 2.45) is 5.92 Å². The van der Waals surface area contributed by atoms with Crippen molar-refractivity contribution in [3.63, 3.8) is 0 Å². The topological polar surface area (TPSA) is 77.1 Å². The summed E-state index contributed by atoms with van der Waals surface area (Å²) in [6.07, 6.45) is -1.01. The lowest BCUT2D eigenvalue weighted by Gasteiger charge is -2.40. The summed E-state index contributed by atoms with van der Waals surface area (Å²) in [6.45, 7) is 10.8. The first-order chi connectivity index (χ1) is 27.2. The van der Waals surface area contributed by atoms with E-state index in [2.05, 4.69) is 39.2 Å². The van der Waals surface area contributed by atoms with Gasteiger partial charge < -0.3 is 19.2 Å². The third-order valence-electron chi connectivity index (χ3n) is 11.0. The molecule has 1 aliphatic heterocycles. The van der Waals surface area contributed by atoms with E-state index in [-0.39, 0.29) is 42.4 Å². The maximum atomic E-state index is 16.6. The van der Waals surface area contributed by atoms with E-state index in [1.165, 1.54) is 42.5 Å². The molecule has 1 heterocycles. The predicted molar refractivity (Wildman–Crippen MR) is 217 cm³/mol. The minimum absolute atomic E-state index is 0.0497. The highest BCUT2D eigenvalue weighted by atomic mass is 28.4. The first-order valence-corrected chi connectivity index (χ1v) is 22.1. The molecule has 1 aliphatic rings. The lowest BCUT2D eigenvalue weighted by atomic mass is 9.85. The third kappa shape index (κ3) is 10.1. The van der Waals surface area contributed by atoms with Gasteiger partial charge in [-0.1, -0.05) is 99.6 Å². The van der Waals surface area contributed by atoms with Gasteiger partial charge in [-0.3, -0.25) is 4.79 Å². The second kappa shape index (κ2) is 17.8. The third-order valence-corrected chi connectivity index (χ3v) is 15.4. The van der Waals surface area contributed by atoms with Crippen molar-refractivity contribution in [1.82, 2.24) is 4.90 Å². The van der Waals surface area contributed by atoms with Gasteiger partial charge in [-0.25, -0.2) is 22.9 Å². The normalized spacial score (nSPS) is 16.1. The molecule has 5 aromatic rings. The Hall–Kier alpha value is -5.39. The van der Waals surface area contributed by atoms with Crippen molar-refractivity contribution in [3.05, 3.63) is 167 Å². The number of hydrogen-bond donors (Lipinski definition) is 1. The molecule has 0 spiro atoms.